The second kappa shape index (κ2) is 7.96. The van der Waals surface area contributed by atoms with Crippen LogP contribution in [0, 0.1) is 13.8 Å². The van der Waals surface area contributed by atoms with E-state index in [0.29, 0.717) is 0 Å². The van der Waals surface area contributed by atoms with Gasteiger partial charge >= 0.3 is 5.97 Å². The Bertz CT molecular complexity index is 717. The molecule has 1 aromatic carbocycles. The molecule has 7 heteroatoms. The predicted octanol–water partition coefficient (Wildman–Crippen LogP) is 1.81. The molecular weight excluding hydrogens is 312 g/mol. The van der Waals surface area contributed by atoms with Crippen LogP contribution in [0.3, 0.4) is 0 Å². The highest BCUT2D eigenvalue weighted by atomic mass is 16.5. The molecule has 0 atom stereocenters. The Labute approximate surface area is 139 Å². The van der Waals surface area contributed by atoms with Gasteiger partial charge in [-0.2, -0.15) is 0 Å². The summed E-state index contributed by atoms with van der Waals surface area (Å²) in [5.74, 6) is -1.67. The molecule has 7 nitrogen and oxygen atoms in total. The maximum atomic E-state index is 11.9. The number of hydrogen-bond donors (Lipinski definition) is 2. The molecule has 0 aliphatic rings. The molecule has 0 bridgehead atoms. The van der Waals surface area contributed by atoms with Crippen molar-refractivity contribution >= 4 is 23.5 Å². The van der Waals surface area contributed by atoms with E-state index in [1.54, 1.807) is 0 Å². The van der Waals surface area contributed by atoms with Crippen LogP contribution in [0.5, 0.6) is 0 Å². The SMILES string of the molecule is Cc1cccc(C)c1NC(=O)CNC(=O)COC(=O)c1ccco1. The molecule has 0 saturated carbocycles. The fourth-order valence-corrected chi connectivity index (χ4v) is 2.02. The molecule has 0 saturated heterocycles. The molecule has 0 radical (unpaired) electrons. The van der Waals surface area contributed by atoms with Crippen molar-refractivity contribution in [2.24, 2.45) is 0 Å². The van der Waals surface area contributed by atoms with E-state index in [2.05, 4.69) is 10.6 Å². The van der Waals surface area contributed by atoms with Crippen LogP contribution in [0.15, 0.2) is 41.0 Å². The number of aryl methyl sites for hydroxylation is 2. The molecule has 2 aromatic rings. The minimum Gasteiger partial charge on any atom is -0.457 e. The number of furan rings is 1. The number of rotatable bonds is 6. The van der Waals surface area contributed by atoms with Gasteiger partial charge in [0.2, 0.25) is 11.7 Å². The minimum atomic E-state index is -0.741. The number of anilines is 1. The first-order chi connectivity index (χ1) is 11.5. The maximum Gasteiger partial charge on any atom is 0.374 e. The lowest BCUT2D eigenvalue weighted by Crippen LogP contribution is -2.35. The van der Waals surface area contributed by atoms with Gasteiger partial charge in [-0.15, -0.1) is 0 Å². The molecule has 0 fully saturated rings. The summed E-state index contributed by atoms with van der Waals surface area (Å²) in [6, 6.07) is 8.63. The van der Waals surface area contributed by atoms with Gasteiger partial charge in [-0.25, -0.2) is 4.79 Å². The van der Waals surface area contributed by atoms with Crippen molar-refractivity contribution in [3.63, 3.8) is 0 Å². The minimum absolute atomic E-state index is 0.00979. The summed E-state index contributed by atoms with van der Waals surface area (Å²) < 4.78 is 9.60. The third-order valence-corrected chi connectivity index (χ3v) is 3.25. The summed E-state index contributed by atoms with van der Waals surface area (Å²) in [6.07, 6.45) is 1.33. The fourth-order valence-electron chi connectivity index (χ4n) is 2.02. The molecule has 1 heterocycles. The fraction of sp³-hybridized carbons (Fsp3) is 0.235. The van der Waals surface area contributed by atoms with Crippen molar-refractivity contribution in [3.8, 4) is 0 Å². The number of hydrogen-bond acceptors (Lipinski definition) is 5. The average Bonchev–Trinajstić information content (AvgIpc) is 3.09. The second-order valence-electron chi connectivity index (χ2n) is 5.15. The summed E-state index contributed by atoms with van der Waals surface area (Å²) in [7, 11) is 0. The summed E-state index contributed by atoms with van der Waals surface area (Å²) in [5, 5.41) is 5.13. The molecule has 0 spiro atoms. The lowest BCUT2D eigenvalue weighted by atomic mass is 10.1. The first-order valence-corrected chi connectivity index (χ1v) is 7.31. The van der Waals surface area contributed by atoms with Crippen LogP contribution in [0.1, 0.15) is 21.7 Å². The van der Waals surface area contributed by atoms with E-state index in [9.17, 15) is 14.4 Å². The van der Waals surface area contributed by atoms with Crippen LogP contribution in [-0.2, 0) is 14.3 Å². The van der Waals surface area contributed by atoms with Gasteiger partial charge in [0.15, 0.2) is 6.61 Å². The number of carbonyl (C=O) groups excluding carboxylic acids is 3. The Morgan fingerprint density at radius 3 is 2.38 bits per heavy atom. The van der Waals surface area contributed by atoms with Gasteiger partial charge in [-0.05, 0) is 37.1 Å². The zero-order valence-electron chi connectivity index (χ0n) is 13.4. The highest BCUT2D eigenvalue weighted by Crippen LogP contribution is 2.18. The molecule has 2 rings (SSSR count). The van der Waals surface area contributed by atoms with Gasteiger partial charge in [0.05, 0.1) is 12.8 Å². The van der Waals surface area contributed by atoms with Crippen LogP contribution in [0.2, 0.25) is 0 Å². The predicted molar refractivity (Wildman–Crippen MR) is 86.5 cm³/mol. The summed E-state index contributed by atoms with van der Waals surface area (Å²) in [6.45, 7) is 3.06. The van der Waals surface area contributed by atoms with Gasteiger partial charge in [0, 0.05) is 5.69 Å². The Morgan fingerprint density at radius 2 is 1.75 bits per heavy atom. The van der Waals surface area contributed by atoms with Crippen LogP contribution in [0.4, 0.5) is 5.69 Å². The first kappa shape index (κ1) is 17.3. The van der Waals surface area contributed by atoms with Gasteiger partial charge in [-0.3, -0.25) is 9.59 Å². The monoisotopic (exact) mass is 330 g/mol. The molecule has 126 valence electrons. The van der Waals surface area contributed by atoms with Gasteiger partial charge in [0.25, 0.3) is 5.91 Å². The van der Waals surface area contributed by atoms with E-state index in [1.807, 2.05) is 32.0 Å². The molecule has 2 N–H and O–H groups in total. The normalized spacial score (nSPS) is 10.1. The van der Waals surface area contributed by atoms with E-state index in [0.717, 1.165) is 16.8 Å². The summed E-state index contributed by atoms with van der Waals surface area (Å²) in [4.78, 5) is 35.0. The first-order valence-electron chi connectivity index (χ1n) is 7.31. The quantitative estimate of drug-likeness (QED) is 0.787. The van der Waals surface area contributed by atoms with Crippen LogP contribution >= 0.6 is 0 Å². The largest absolute Gasteiger partial charge is 0.457 e. The van der Waals surface area contributed by atoms with E-state index in [4.69, 9.17) is 9.15 Å². The van der Waals surface area contributed by atoms with Crippen molar-refractivity contribution in [2.45, 2.75) is 13.8 Å². The zero-order chi connectivity index (χ0) is 17.5. The third kappa shape index (κ3) is 4.70. The van der Waals surface area contributed by atoms with Crippen LogP contribution < -0.4 is 10.6 Å². The summed E-state index contributed by atoms with van der Waals surface area (Å²) >= 11 is 0. The van der Waals surface area contributed by atoms with Crippen LogP contribution in [0.25, 0.3) is 0 Å². The van der Waals surface area contributed by atoms with Crippen molar-refractivity contribution < 1.29 is 23.5 Å². The smallest absolute Gasteiger partial charge is 0.374 e. The lowest BCUT2D eigenvalue weighted by Gasteiger charge is -2.12. The Kier molecular flexibility index (Phi) is 5.73. The molecule has 24 heavy (non-hydrogen) atoms. The second-order valence-corrected chi connectivity index (χ2v) is 5.15. The zero-order valence-corrected chi connectivity index (χ0v) is 13.4. The number of amides is 2. The number of ether oxygens (including phenoxy) is 1. The number of nitrogens with one attached hydrogen (secondary N) is 2. The van der Waals surface area contributed by atoms with Crippen molar-refractivity contribution in [1.29, 1.82) is 0 Å². The highest BCUT2D eigenvalue weighted by molar-refractivity contribution is 5.96. The highest BCUT2D eigenvalue weighted by Gasteiger charge is 2.13. The van der Waals surface area contributed by atoms with E-state index >= 15 is 0 Å². The molecule has 1 aromatic heterocycles. The number of para-hydroxylation sites is 1. The van der Waals surface area contributed by atoms with Gasteiger partial charge < -0.3 is 19.8 Å². The lowest BCUT2D eigenvalue weighted by molar-refractivity contribution is -0.126. The molecular formula is C17H18N2O5. The summed E-state index contributed by atoms with van der Waals surface area (Å²) in [5.41, 5.74) is 2.59. The maximum absolute atomic E-state index is 11.9. The Morgan fingerprint density at radius 1 is 1.04 bits per heavy atom. The van der Waals surface area contributed by atoms with Gasteiger partial charge in [-0.1, -0.05) is 18.2 Å². The van der Waals surface area contributed by atoms with Crippen LogP contribution in [-0.4, -0.2) is 30.9 Å². The third-order valence-electron chi connectivity index (χ3n) is 3.25. The van der Waals surface area contributed by atoms with E-state index in [-0.39, 0.29) is 18.2 Å². The van der Waals surface area contributed by atoms with Gasteiger partial charge in [0.1, 0.15) is 0 Å². The average molecular weight is 330 g/mol. The number of esters is 1. The topological polar surface area (TPSA) is 97.6 Å². The standard InChI is InChI=1S/C17H18N2O5/c1-11-5-3-6-12(2)16(11)19-14(20)9-18-15(21)10-24-17(22)13-7-4-8-23-13/h3-8H,9-10H2,1-2H3,(H,18,21)(H,19,20). The van der Waals surface area contributed by atoms with E-state index < -0.39 is 18.5 Å². The molecule has 2 amide bonds. The number of carbonyl (C=O) groups is 3. The Balaban J connectivity index is 1.75. The number of benzene rings is 1. The molecule has 0 aliphatic carbocycles. The molecule has 0 unspecified atom stereocenters. The van der Waals surface area contributed by atoms with Crippen molar-refractivity contribution in [2.75, 3.05) is 18.5 Å². The van der Waals surface area contributed by atoms with Crippen molar-refractivity contribution in [1.82, 2.24) is 5.32 Å². The molecule has 0 aliphatic heterocycles. The van der Waals surface area contributed by atoms with E-state index in [1.165, 1.54) is 18.4 Å². The Hall–Kier alpha value is -3.09. The van der Waals surface area contributed by atoms with Crippen molar-refractivity contribution in [3.05, 3.63) is 53.5 Å².